The molecule has 0 fully saturated rings. The van der Waals surface area contributed by atoms with Crippen LogP contribution < -0.4 is 0 Å². The van der Waals surface area contributed by atoms with E-state index in [9.17, 15) is 9.18 Å². The van der Waals surface area contributed by atoms with Crippen LogP contribution in [0.15, 0.2) is 56.2 Å². The first-order valence-electron chi connectivity index (χ1n) is 9.14. The molecule has 0 saturated heterocycles. The fraction of sp³-hybridized carbons (Fsp3) is 0.0952. The van der Waals surface area contributed by atoms with Crippen molar-refractivity contribution in [2.45, 2.75) is 13.5 Å². The second kappa shape index (κ2) is 7.73. The van der Waals surface area contributed by atoms with Crippen molar-refractivity contribution in [1.29, 1.82) is 0 Å². The summed E-state index contributed by atoms with van der Waals surface area (Å²) in [5, 5.41) is 12.0. The van der Waals surface area contributed by atoms with Gasteiger partial charge in [-0.15, -0.1) is 0 Å². The number of benzene rings is 1. The number of ether oxygens (including phenoxy) is 1. The second-order valence-corrected chi connectivity index (χ2v) is 7.39. The van der Waals surface area contributed by atoms with Gasteiger partial charge in [-0.2, -0.15) is 16.3 Å². The van der Waals surface area contributed by atoms with Crippen LogP contribution in [0.1, 0.15) is 21.9 Å². The van der Waals surface area contributed by atoms with Crippen LogP contribution >= 0.6 is 11.3 Å². The Balaban J connectivity index is 1.43. The molecule has 0 aliphatic heterocycles. The van der Waals surface area contributed by atoms with Gasteiger partial charge in [-0.05, 0) is 48.7 Å². The number of aromatic nitrogens is 4. The number of hydrogen-bond acceptors (Lipinski definition) is 9. The highest BCUT2D eigenvalue weighted by Crippen LogP contribution is 2.28. The van der Waals surface area contributed by atoms with Gasteiger partial charge in [0.1, 0.15) is 5.82 Å². The molecule has 0 bridgehead atoms. The average Bonchev–Trinajstić information content (AvgIpc) is 3.53. The van der Waals surface area contributed by atoms with Gasteiger partial charge < -0.3 is 13.8 Å². The number of aryl methyl sites for hydroxylation is 1. The fourth-order valence-electron chi connectivity index (χ4n) is 3.05. The lowest BCUT2D eigenvalue weighted by atomic mass is 10.1. The molecular formula is C21H13FN4O4S. The maximum absolute atomic E-state index is 13.3. The maximum Gasteiger partial charge on any atom is 0.339 e. The highest BCUT2D eigenvalue weighted by molar-refractivity contribution is 7.08. The van der Waals surface area contributed by atoms with Crippen molar-refractivity contribution in [3.63, 3.8) is 0 Å². The van der Waals surface area contributed by atoms with E-state index in [1.807, 2.05) is 16.8 Å². The number of carbonyl (C=O) groups is 1. The number of rotatable bonds is 5. The van der Waals surface area contributed by atoms with Crippen molar-refractivity contribution in [2.75, 3.05) is 0 Å². The van der Waals surface area contributed by atoms with E-state index in [4.69, 9.17) is 13.8 Å². The number of esters is 1. The molecule has 8 nitrogen and oxygen atoms in total. The van der Waals surface area contributed by atoms with Gasteiger partial charge in [0.05, 0.1) is 22.3 Å². The van der Waals surface area contributed by atoms with Crippen molar-refractivity contribution in [3.8, 4) is 22.6 Å². The minimum Gasteiger partial charge on any atom is -0.452 e. The monoisotopic (exact) mass is 436 g/mol. The Morgan fingerprint density at radius 2 is 1.94 bits per heavy atom. The summed E-state index contributed by atoms with van der Waals surface area (Å²) in [6.07, 6.45) is 0. The smallest absolute Gasteiger partial charge is 0.339 e. The highest BCUT2D eigenvalue weighted by Gasteiger charge is 2.21. The van der Waals surface area contributed by atoms with Gasteiger partial charge in [0.15, 0.2) is 6.61 Å². The highest BCUT2D eigenvalue weighted by atomic mass is 32.1. The summed E-state index contributed by atoms with van der Waals surface area (Å²) in [5.74, 6) is -0.411. The zero-order chi connectivity index (χ0) is 21.4. The summed E-state index contributed by atoms with van der Waals surface area (Å²) < 4.78 is 29.1. The van der Waals surface area contributed by atoms with Crippen LogP contribution in [-0.2, 0) is 11.3 Å². The molecule has 31 heavy (non-hydrogen) atoms. The molecule has 4 aromatic heterocycles. The first-order chi connectivity index (χ1) is 15.1. The number of carbonyl (C=O) groups excluding carboxylic acids is 1. The van der Waals surface area contributed by atoms with Crippen molar-refractivity contribution in [3.05, 3.63) is 70.1 Å². The number of thiophene rings is 1. The van der Waals surface area contributed by atoms with E-state index in [1.165, 1.54) is 23.5 Å². The third-order valence-corrected chi connectivity index (χ3v) is 5.23. The molecule has 5 rings (SSSR count). The van der Waals surface area contributed by atoms with E-state index in [0.717, 1.165) is 5.56 Å². The van der Waals surface area contributed by atoms with Crippen LogP contribution in [-0.4, -0.2) is 26.3 Å². The van der Waals surface area contributed by atoms with Gasteiger partial charge >= 0.3 is 5.97 Å². The van der Waals surface area contributed by atoms with Gasteiger partial charge in [-0.1, -0.05) is 10.3 Å². The van der Waals surface area contributed by atoms with Gasteiger partial charge in [0.25, 0.3) is 11.6 Å². The molecule has 10 heteroatoms. The summed E-state index contributed by atoms with van der Waals surface area (Å²) >= 11 is 1.51. The Hall–Kier alpha value is -3.92. The number of halogens is 1. The summed E-state index contributed by atoms with van der Waals surface area (Å²) in [6.45, 7) is 1.50. The minimum atomic E-state index is -0.627. The Kier molecular flexibility index (Phi) is 4.75. The third-order valence-electron chi connectivity index (χ3n) is 4.55. The molecule has 0 amide bonds. The van der Waals surface area contributed by atoms with E-state index in [0.29, 0.717) is 28.2 Å². The van der Waals surface area contributed by atoms with Gasteiger partial charge in [0.2, 0.25) is 5.82 Å². The zero-order valence-electron chi connectivity index (χ0n) is 16.0. The first kappa shape index (κ1) is 19.1. The molecule has 154 valence electrons. The molecule has 4 heterocycles. The molecule has 0 radical (unpaired) electrons. The molecule has 0 aliphatic rings. The molecule has 5 aromatic rings. The van der Waals surface area contributed by atoms with Gasteiger partial charge in [-0.25, -0.2) is 14.2 Å². The maximum atomic E-state index is 13.3. The van der Waals surface area contributed by atoms with Crippen LogP contribution in [0.5, 0.6) is 0 Å². The molecule has 1 aromatic carbocycles. The Bertz CT molecular complexity index is 1380. The normalized spacial score (nSPS) is 11.2. The van der Waals surface area contributed by atoms with Gasteiger partial charge in [-0.3, -0.25) is 0 Å². The molecule has 0 aliphatic carbocycles. The SMILES string of the molecule is Cc1noc2nc(-c3ccc(F)cc3)cc(C(=O)OCc3nc(-c4ccsc4)no3)c12. The van der Waals surface area contributed by atoms with E-state index in [-0.39, 0.29) is 29.6 Å². The van der Waals surface area contributed by atoms with Crippen molar-refractivity contribution < 1.29 is 23.0 Å². The molecule has 0 N–H and O–H groups in total. The van der Waals surface area contributed by atoms with E-state index < -0.39 is 5.97 Å². The lowest BCUT2D eigenvalue weighted by Gasteiger charge is -2.06. The second-order valence-electron chi connectivity index (χ2n) is 6.61. The molecular weight excluding hydrogens is 423 g/mol. The molecule has 0 atom stereocenters. The van der Waals surface area contributed by atoms with Crippen LogP contribution in [0.4, 0.5) is 4.39 Å². The molecule has 0 unspecified atom stereocenters. The summed E-state index contributed by atoms with van der Waals surface area (Å²) in [6, 6.07) is 9.17. The van der Waals surface area contributed by atoms with Crippen molar-refractivity contribution in [2.24, 2.45) is 0 Å². The van der Waals surface area contributed by atoms with E-state index in [1.54, 1.807) is 25.1 Å². The number of pyridine rings is 1. The lowest BCUT2D eigenvalue weighted by molar-refractivity contribution is 0.0432. The molecule has 0 spiro atoms. The van der Waals surface area contributed by atoms with Crippen LogP contribution in [0, 0.1) is 12.7 Å². The Morgan fingerprint density at radius 1 is 1.10 bits per heavy atom. The summed E-state index contributed by atoms with van der Waals surface area (Å²) in [5.41, 5.74) is 2.77. The minimum absolute atomic E-state index is 0.167. The average molecular weight is 436 g/mol. The first-order valence-corrected chi connectivity index (χ1v) is 10.1. The number of hydrogen-bond donors (Lipinski definition) is 0. The zero-order valence-corrected chi connectivity index (χ0v) is 16.9. The van der Waals surface area contributed by atoms with Crippen molar-refractivity contribution >= 4 is 28.4 Å². The Morgan fingerprint density at radius 3 is 2.71 bits per heavy atom. The van der Waals surface area contributed by atoms with E-state index >= 15 is 0 Å². The predicted molar refractivity (Wildman–Crippen MR) is 109 cm³/mol. The standard InChI is InChI=1S/C21H13FN4O4S/c1-11-18-15(8-16(23-20(18)30-25-11)12-2-4-14(22)5-3-12)21(27)28-9-17-24-19(26-29-17)13-6-7-31-10-13/h2-8,10H,9H2,1H3. The lowest BCUT2D eigenvalue weighted by Crippen LogP contribution is -2.07. The summed E-state index contributed by atoms with van der Waals surface area (Å²) in [4.78, 5) is 21.5. The van der Waals surface area contributed by atoms with Crippen LogP contribution in [0.2, 0.25) is 0 Å². The quantitative estimate of drug-likeness (QED) is 0.362. The topological polar surface area (TPSA) is 104 Å². The third kappa shape index (κ3) is 3.68. The van der Waals surface area contributed by atoms with Gasteiger partial charge in [0, 0.05) is 16.5 Å². The van der Waals surface area contributed by atoms with Crippen LogP contribution in [0.25, 0.3) is 33.7 Å². The molecule has 0 saturated carbocycles. The summed E-state index contributed by atoms with van der Waals surface area (Å²) in [7, 11) is 0. The number of fused-ring (bicyclic) bond motifs is 1. The number of nitrogens with zero attached hydrogens (tertiary/aromatic N) is 4. The van der Waals surface area contributed by atoms with Crippen molar-refractivity contribution in [1.82, 2.24) is 20.3 Å². The van der Waals surface area contributed by atoms with E-state index in [2.05, 4.69) is 20.3 Å². The van der Waals surface area contributed by atoms with Crippen LogP contribution in [0.3, 0.4) is 0 Å². The predicted octanol–water partition coefficient (Wildman–Crippen LogP) is 4.81. The largest absolute Gasteiger partial charge is 0.452 e. The Labute approximate surface area is 178 Å². The fourth-order valence-corrected chi connectivity index (χ4v) is 3.69.